The number of hydrogen-bond acceptors (Lipinski definition) is 5. The van der Waals surface area contributed by atoms with E-state index in [0.717, 1.165) is 5.56 Å². The van der Waals surface area contributed by atoms with Gasteiger partial charge >= 0.3 is 0 Å². The van der Waals surface area contributed by atoms with Gasteiger partial charge in [0.25, 0.3) is 5.91 Å². The maximum atomic E-state index is 12.3. The average Bonchev–Trinajstić information content (AvgIpc) is 2.69. The van der Waals surface area contributed by atoms with E-state index in [0.29, 0.717) is 22.0 Å². The molecule has 28 heavy (non-hydrogen) atoms. The zero-order chi connectivity index (χ0) is 20.1. The van der Waals surface area contributed by atoms with Crippen LogP contribution in [0.2, 0.25) is 5.02 Å². The fourth-order valence-electron chi connectivity index (χ4n) is 2.57. The van der Waals surface area contributed by atoms with E-state index in [-0.39, 0.29) is 23.8 Å². The maximum absolute atomic E-state index is 12.3. The Balaban J connectivity index is 1.78. The number of carbonyl (C=O) groups is 2. The lowest BCUT2D eigenvalue weighted by Gasteiger charge is -2.09. The standard InChI is InChI=1S/C20H18ClN5O2/c1-23-20(28)18-19(22)24-11-16(26-18)13-3-2-4-15(10-13)25-17(27)9-12-5-7-14(21)8-6-12/h2-8,10-11H,9H2,1H3,(H2,22,24)(H,23,28)(H,25,27). The fourth-order valence-corrected chi connectivity index (χ4v) is 2.70. The zero-order valence-corrected chi connectivity index (χ0v) is 15.8. The quantitative estimate of drug-likeness (QED) is 0.615. The van der Waals surface area contributed by atoms with E-state index in [9.17, 15) is 9.59 Å². The van der Waals surface area contributed by atoms with Gasteiger partial charge in [-0.15, -0.1) is 0 Å². The van der Waals surface area contributed by atoms with Crippen LogP contribution < -0.4 is 16.4 Å². The molecule has 7 nitrogen and oxygen atoms in total. The highest BCUT2D eigenvalue weighted by Gasteiger charge is 2.13. The Bertz CT molecular complexity index is 1020. The van der Waals surface area contributed by atoms with Crippen molar-refractivity contribution in [1.82, 2.24) is 15.3 Å². The number of hydrogen-bond donors (Lipinski definition) is 3. The summed E-state index contributed by atoms with van der Waals surface area (Å²) in [6.07, 6.45) is 1.71. The summed E-state index contributed by atoms with van der Waals surface area (Å²) in [7, 11) is 1.49. The van der Waals surface area contributed by atoms with Crippen molar-refractivity contribution >= 4 is 34.9 Å². The molecule has 0 bridgehead atoms. The highest BCUT2D eigenvalue weighted by atomic mass is 35.5. The Kier molecular flexibility index (Phi) is 5.86. The van der Waals surface area contributed by atoms with Gasteiger partial charge in [0.1, 0.15) is 0 Å². The smallest absolute Gasteiger partial charge is 0.273 e. The van der Waals surface area contributed by atoms with Crippen LogP contribution in [0, 0.1) is 0 Å². The maximum Gasteiger partial charge on any atom is 0.273 e. The van der Waals surface area contributed by atoms with Gasteiger partial charge in [0, 0.05) is 23.3 Å². The van der Waals surface area contributed by atoms with Crippen LogP contribution in [0.4, 0.5) is 11.5 Å². The predicted molar refractivity (Wildman–Crippen MR) is 109 cm³/mol. The first-order chi connectivity index (χ1) is 13.5. The molecule has 0 aliphatic heterocycles. The van der Waals surface area contributed by atoms with Crippen molar-refractivity contribution in [3.63, 3.8) is 0 Å². The minimum atomic E-state index is -0.417. The van der Waals surface area contributed by atoms with Crippen molar-refractivity contribution in [1.29, 1.82) is 0 Å². The minimum Gasteiger partial charge on any atom is -0.382 e. The number of nitrogens with zero attached hydrogens (tertiary/aromatic N) is 2. The molecule has 4 N–H and O–H groups in total. The lowest BCUT2D eigenvalue weighted by atomic mass is 10.1. The molecule has 3 rings (SSSR count). The van der Waals surface area contributed by atoms with Gasteiger partial charge in [0.2, 0.25) is 5.91 Å². The molecule has 0 saturated carbocycles. The number of nitrogen functional groups attached to an aromatic ring is 1. The number of halogens is 1. The fraction of sp³-hybridized carbons (Fsp3) is 0.100. The molecule has 0 spiro atoms. The van der Waals surface area contributed by atoms with Gasteiger partial charge in [-0.3, -0.25) is 9.59 Å². The van der Waals surface area contributed by atoms with Crippen molar-refractivity contribution in [3.05, 3.63) is 71.0 Å². The van der Waals surface area contributed by atoms with E-state index in [4.69, 9.17) is 17.3 Å². The molecule has 0 radical (unpaired) electrons. The molecule has 0 fully saturated rings. The summed E-state index contributed by atoms with van der Waals surface area (Å²) in [4.78, 5) is 32.5. The van der Waals surface area contributed by atoms with E-state index >= 15 is 0 Å². The first kappa shape index (κ1) is 19.3. The Morgan fingerprint density at radius 2 is 1.89 bits per heavy atom. The number of benzene rings is 2. The van der Waals surface area contributed by atoms with Crippen LogP contribution in [0.1, 0.15) is 16.1 Å². The second kappa shape index (κ2) is 8.49. The molecular formula is C20H18ClN5O2. The Morgan fingerprint density at radius 1 is 1.14 bits per heavy atom. The van der Waals surface area contributed by atoms with Crippen molar-refractivity contribution in [2.24, 2.45) is 0 Å². The van der Waals surface area contributed by atoms with Crippen LogP contribution in [0.3, 0.4) is 0 Å². The van der Waals surface area contributed by atoms with Crippen molar-refractivity contribution in [2.45, 2.75) is 6.42 Å². The predicted octanol–water partition coefficient (Wildman–Crippen LogP) is 2.92. The van der Waals surface area contributed by atoms with E-state index in [1.54, 1.807) is 30.3 Å². The second-order valence-electron chi connectivity index (χ2n) is 6.00. The molecule has 3 aromatic rings. The monoisotopic (exact) mass is 395 g/mol. The highest BCUT2D eigenvalue weighted by Crippen LogP contribution is 2.22. The molecule has 8 heteroatoms. The van der Waals surface area contributed by atoms with E-state index in [2.05, 4.69) is 20.6 Å². The summed E-state index contributed by atoms with van der Waals surface area (Å²) in [6, 6.07) is 14.2. The molecule has 0 saturated heterocycles. The molecule has 0 aliphatic carbocycles. The highest BCUT2D eigenvalue weighted by molar-refractivity contribution is 6.30. The average molecular weight is 396 g/mol. The number of carbonyl (C=O) groups excluding carboxylic acids is 2. The molecule has 0 unspecified atom stereocenters. The molecular weight excluding hydrogens is 378 g/mol. The van der Waals surface area contributed by atoms with Crippen molar-refractivity contribution < 1.29 is 9.59 Å². The van der Waals surface area contributed by atoms with Gasteiger partial charge < -0.3 is 16.4 Å². The van der Waals surface area contributed by atoms with Gasteiger partial charge in [0.05, 0.1) is 18.3 Å². The van der Waals surface area contributed by atoms with Crippen molar-refractivity contribution in [3.8, 4) is 11.3 Å². The molecule has 2 amide bonds. The Hall–Kier alpha value is -3.45. The van der Waals surface area contributed by atoms with Gasteiger partial charge in [-0.25, -0.2) is 9.97 Å². The third-order valence-electron chi connectivity index (χ3n) is 3.96. The number of amides is 2. The number of rotatable bonds is 5. The second-order valence-corrected chi connectivity index (χ2v) is 6.44. The van der Waals surface area contributed by atoms with Gasteiger partial charge in [-0.05, 0) is 29.8 Å². The number of nitrogens with one attached hydrogen (secondary N) is 2. The molecule has 1 heterocycles. The summed E-state index contributed by atoms with van der Waals surface area (Å²) in [6.45, 7) is 0. The minimum absolute atomic E-state index is 0.0514. The molecule has 142 valence electrons. The van der Waals surface area contributed by atoms with Gasteiger partial charge in [-0.2, -0.15) is 0 Å². The molecule has 0 atom stereocenters. The van der Waals surface area contributed by atoms with Gasteiger partial charge in [-0.1, -0.05) is 35.9 Å². The lowest BCUT2D eigenvalue weighted by molar-refractivity contribution is -0.115. The Labute approximate surface area is 167 Å². The summed E-state index contributed by atoms with van der Waals surface area (Å²) in [5.41, 5.74) is 8.41. The Morgan fingerprint density at radius 3 is 2.61 bits per heavy atom. The van der Waals surface area contributed by atoms with E-state index < -0.39 is 5.91 Å². The third kappa shape index (κ3) is 4.63. The first-order valence-electron chi connectivity index (χ1n) is 8.45. The summed E-state index contributed by atoms with van der Waals surface area (Å²) >= 11 is 5.86. The SMILES string of the molecule is CNC(=O)c1nc(-c2cccc(NC(=O)Cc3ccc(Cl)cc3)c2)cnc1N. The van der Waals surface area contributed by atoms with Crippen molar-refractivity contribution in [2.75, 3.05) is 18.1 Å². The topological polar surface area (TPSA) is 110 Å². The number of anilines is 2. The lowest BCUT2D eigenvalue weighted by Crippen LogP contribution is -2.21. The van der Waals surface area contributed by atoms with Gasteiger partial charge in [0.15, 0.2) is 11.5 Å². The van der Waals surface area contributed by atoms with E-state index in [1.807, 2.05) is 18.2 Å². The van der Waals surface area contributed by atoms with E-state index in [1.165, 1.54) is 13.2 Å². The van der Waals surface area contributed by atoms with Crippen LogP contribution >= 0.6 is 11.6 Å². The number of aromatic nitrogens is 2. The third-order valence-corrected chi connectivity index (χ3v) is 4.21. The molecule has 0 aliphatic rings. The summed E-state index contributed by atoms with van der Waals surface area (Å²) in [5.74, 6) is -0.524. The summed E-state index contributed by atoms with van der Waals surface area (Å²) in [5, 5.41) is 5.95. The van der Waals surface area contributed by atoms with Crippen LogP contribution in [0.5, 0.6) is 0 Å². The molecule has 1 aromatic heterocycles. The summed E-state index contributed by atoms with van der Waals surface area (Å²) < 4.78 is 0. The first-order valence-corrected chi connectivity index (χ1v) is 8.83. The van der Waals surface area contributed by atoms with Crippen LogP contribution in [0.15, 0.2) is 54.7 Å². The molecule has 2 aromatic carbocycles. The van der Waals surface area contributed by atoms with Crippen LogP contribution in [-0.2, 0) is 11.2 Å². The largest absolute Gasteiger partial charge is 0.382 e. The van der Waals surface area contributed by atoms with Crippen LogP contribution in [0.25, 0.3) is 11.3 Å². The zero-order valence-electron chi connectivity index (χ0n) is 15.1. The normalized spacial score (nSPS) is 10.4. The number of nitrogens with two attached hydrogens (primary N) is 1. The van der Waals surface area contributed by atoms with Crippen LogP contribution in [-0.4, -0.2) is 28.8 Å².